The van der Waals surface area contributed by atoms with E-state index in [-0.39, 0.29) is 18.4 Å². The molecule has 0 saturated carbocycles. The van der Waals surface area contributed by atoms with Crippen molar-refractivity contribution in [2.45, 2.75) is 26.3 Å². The molecule has 7 heteroatoms. The van der Waals surface area contributed by atoms with Gasteiger partial charge in [0.15, 0.2) is 11.5 Å². The Hall–Kier alpha value is -3.32. The second-order valence-electron chi connectivity index (χ2n) is 7.80. The van der Waals surface area contributed by atoms with Crippen molar-refractivity contribution in [3.8, 4) is 11.5 Å². The zero-order valence-electron chi connectivity index (χ0n) is 19.3. The fraction of sp³-hybridized carbons (Fsp3) is 0.259. The molecule has 4 rings (SSSR count). The summed E-state index contributed by atoms with van der Waals surface area (Å²) in [4.78, 5) is 27.2. The van der Waals surface area contributed by atoms with E-state index in [9.17, 15) is 9.59 Å². The van der Waals surface area contributed by atoms with Crippen molar-refractivity contribution in [2.24, 2.45) is 0 Å². The van der Waals surface area contributed by atoms with Crippen LogP contribution in [0.3, 0.4) is 0 Å². The summed E-state index contributed by atoms with van der Waals surface area (Å²) in [6.07, 6.45) is 0.230. The number of hydrogen-bond acceptors (Lipinski definition) is 5. The van der Waals surface area contributed by atoms with Crippen LogP contribution in [-0.2, 0) is 16.0 Å². The van der Waals surface area contributed by atoms with E-state index in [1.807, 2.05) is 50.2 Å². The Kier molecular flexibility index (Phi) is 7.22. The molecule has 1 aliphatic heterocycles. The van der Waals surface area contributed by atoms with Gasteiger partial charge in [-0.3, -0.25) is 4.79 Å². The number of esters is 1. The van der Waals surface area contributed by atoms with E-state index in [4.69, 9.17) is 14.2 Å². The Balaban J connectivity index is 1.87. The van der Waals surface area contributed by atoms with Crippen LogP contribution in [0.2, 0.25) is 0 Å². The van der Waals surface area contributed by atoms with Crippen LogP contribution in [0.25, 0.3) is 0 Å². The lowest BCUT2D eigenvalue weighted by molar-refractivity contribution is -0.118. The molecular weight excluding hydrogens is 498 g/mol. The Labute approximate surface area is 207 Å². The second kappa shape index (κ2) is 10.3. The third-order valence-corrected chi connectivity index (χ3v) is 6.25. The summed E-state index contributed by atoms with van der Waals surface area (Å²) in [5.41, 5.74) is 3.97. The van der Waals surface area contributed by atoms with E-state index in [1.165, 1.54) is 7.11 Å². The van der Waals surface area contributed by atoms with Gasteiger partial charge in [0.05, 0.1) is 38.3 Å². The summed E-state index contributed by atoms with van der Waals surface area (Å²) >= 11 is 3.50. The standard InChI is InChI=1S/C27H26BrNO5/c1-4-33-23-14-19-15-25(30)29(21-12-8-18(9-13-21)27(31)32-3)26(17-6-10-20(28)11-7-17)22(19)16-24(23)34-5-2/h6-14,16,26H,4-5,15H2,1-3H3/t26-/m1/s1. The highest BCUT2D eigenvalue weighted by atomic mass is 79.9. The zero-order chi connectivity index (χ0) is 24.2. The number of ether oxygens (including phenoxy) is 3. The highest BCUT2D eigenvalue weighted by Gasteiger charge is 2.36. The molecule has 0 saturated heterocycles. The SMILES string of the molecule is CCOc1cc2c(cc1OCC)[C@@H](c1ccc(Br)cc1)N(c1ccc(C(=O)OC)cc1)C(=O)C2. The number of hydrogen-bond donors (Lipinski definition) is 0. The number of carbonyl (C=O) groups is 2. The van der Waals surface area contributed by atoms with Crippen molar-refractivity contribution < 1.29 is 23.8 Å². The first-order chi connectivity index (χ1) is 16.5. The van der Waals surface area contributed by atoms with Gasteiger partial charge in [-0.25, -0.2) is 4.79 Å². The van der Waals surface area contributed by atoms with Gasteiger partial charge in [0.2, 0.25) is 5.91 Å². The molecule has 3 aromatic carbocycles. The van der Waals surface area contributed by atoms with E-state index < -0.39 is 5.97 Å². The van der Waals surface area contributed by atoms with E-state index >= 15 is 0 Å². The molecule has 34 heavy (non-hydrogen) atoms. The molecule has 6 nitrogen and oxygen atoms in total. The van der Waals surface area contributed by atoms with Gasteiger partial charge in [-0.2, -0.15) is 0 Å². The first-order valence-corrected chi connectivity index (χ1v) is 11.9. The van der Waals surface area contributed by atoms with Crippen molar-refractivity contribution in [1.29, 1.82) is 0 Å². The highest BCUT2D eigenvalue weighted by Crippen LogP contribution is 2.43. The molecule has 1 atom stereocenters. The average molecular weight is 524 g/mol. The summed E-state index contributed by atoms with van der Waals surface area (Å²) in [5.74, 6) is 0.830. The zero-order valence-corrected chi connectivity index (χ0v) is 20.9. The normalized spacial score (nSPS) is 15.0. The molecule has 0 fully saturated rings. The first kappa shape index (κ1) is 23.8. The van der Waals surface area contributed by atoms with Gasteiger partial charge in [0, 0.05) is 10.2 Å². The lowest BCUT2D eigenvalue weighted by Crippen LogP contribution is -2.41. The summed E-state index contributed by atoms with van der Waals surface area (Å²) in [5, 5.41) is 0. The predicted molar refractivity (Wildman–Crippen MR) is 134 cm³/mol. The fourth-order valence-electron chi connectivity index (χ4n) is 4.24. The number of benzene rings is 3. The lowest BCUT2D eigenvalue weighted by Gasteiger charge is -2.38. The number of carbonyl (C=O) groups excluding carboxylic acids is 2. The van der Waals surface area contributed by atoms with Gasteiger partial charge in [0.25, 0.3) is 0 Å². The Morgan fingerprint density at radius 1 is 0.971 bits per heavy atom. The minimum Gasteiger partial charge on any atom is -0.490 e. The minimum atomic E-state index is -0.420. The second-order valence-corrected chi connectivity index (χ2v) is 8.71. The molecule has 0 spiro atoms. The van der Waals surface area contributed by atoms with E-state index in [1.54, 1.807) is 29.2 Å². The molecule has 1 aliphatic rings. The number of anilines is 1. The van der Waals surface area contributed by atoms with E-state index in [0.29, 0.717) is 36.0 Å². The van der Waals surface area contributed by atoms with Crippen molar-refractivity contribution in [3.05, 3.63) is 87.4 Å². The first-order valence-electron chi connectivity index (χ1n) is 11.1. The smallest absolute Gasteiger partial charge is 0.337 e. The topological polar surface area (TPSA) is 65.1 Å². The van der Waals surface area contributed by atoms with Crippen LogP contribution in [0.1, 0.15) is 46.9 Å². The maximum Gasteiger partial charge on any atom is 0.337 e. The molecule has 0 aliphatic carbocycles. The van der Waals surface area contributed by atoms with Gasteiger partial charge in [-0.05, 0) is 79.1 Å². The number of amides is 1. The van der Waals surface area contributed by atoms with Gasteiger partial charge < -0.3 is 19.1 Å². The summed E-state index contributed by atoms with van der Waals surface area (Å²) in [6.45, 7) is 4.85. The number of halogens is 1. The van der Waals surface area contributed by atoms with Crippen molar-refractivity contribution >= 4 is 33.5 Å². The average Bonchev–Trinajstić information content (AvgIpc) is 2.84. The summed E-state index contributed by atoms with van der Waals surface area (Å²) in [6, 6.07) is 18.4. The van der Waals surface area contributed by atoms with Crippen LogP contribution in [0.15, 0.2) is 65.1 Å². The number of fused-ring (bicyclic) bond motifs is 1. The molecule has 0 radical (unpaired) electrons. The third-order valence-electron chi connectivity index (χ3n) is 5.72. The largest absolute Gasteiger partial charge is 0.490 e. The third kappa shape index (κ3) is 4.66. The van der Waals surface area contributed by atoms with Gasteiger partial charge in [-0.1, -0.05) is 28.1 Å². The number of methoxy groups -OCH3 is 1. The quantitative estimate of drug-likeness (QED) is 0.371. The van der Waals surface area contributed by atoms with Crippen LogP contribution in [0, 0.1) is 0 Å². The Morgan fingerprint density at radius 3 is 2.18 bits per heavy atom. The van der Waals surface area contributed by atoms with Crippen molar-refractivity contribution in [3.63, 3.8) is 0 Å². The predicted octanol–water partition coefficient (Wildman–Crippen LogP) is 5.71. The van der Waals surface area contributed by atoms with Crippen molar-refractivity contribution in [2.75, 3.05) is 25.2 Å². The molecule has 0 bridgehead atoms. The number of rotatable bonds is 7. The molecule has 0 N–H and O–H groups in total. The van der Waals surface area contributed by atoms with E-state index in [2.05, 4.69) is 15.9 Å². The van der Waals surface area contributed by atoms with Crippen LogP contribution in [0.4, 0.5) is 5.69 Å². The minimum absolute atomic E-state index is 0.0437. The molecule has 0 unspecified atom stereocenters. The molecule has 1 heterocycles. The van der Waals surface area contributed by atoms with Crippen LogP contribution >= 0.6 is 15.9 Å². The van der Waals surface area contributed by atoms with Crippen LogP contribution in [0.5, 0.6) is 11.5 Å². The Bertz CT molecular complexity index is 1190. The van der Waals surface area contributed by atoms with Gasteiger partial charge in [-0.15, -0.1) is 0 Å². The van der Waals surface area contributed by atoms with Gasteiger partial charge in [0.1, 0.15) is 0 Å². The molecule has 1 amide bonds. The molecule has 0 aromatic heterocycles. The van der Waals surface area contributed by atoms with Crippen LogP contribution in [-0.4, -0.2) is 32.2 Å². The van der Waals surface area contributed by atoms with Gasteiger partial charge >= 0.3 is 5.97 Å². The van der Waals surface area contributed by atoms with Crippen LogP contribution < -0.4 is 14.4 Å². The molecule has 176 valence electrons. The summed E-state index contributed by atoms with van der Waals surface area (Å²) < 4.78 is 17.5. The summed E-state index contributed by atoms with van der Waals surface area (Å²) in [7, 11) is 1.34. The highest BCUT2D eigenvalue weighted by molar-refractivity contribution is 9.10. The van der Waals surface area contributed by atoms with Crippen molar-refractivity contribution in [1.82, 2.24) is 0 Å². The lowest BCUT2D eigenvalue weighted by atomic mass is 9.86. The fourth-order valence-corrected chi connectivity index (χ4v) is 4.50. The maximum atomic E-state index is 13.5. The molecular formula is C27H26BrNO5. The monoisotopic (exact) mass is 523 g/mol. The number of nitrogens with zero attached hydrogens (tertiary/aromatic N) is 1. The maximum absolute atomic E-state index is 13.5. The molecule has 3 aromatic rings. The Morgan fingerprint density at radius 2 is 1.59 bits per heavy atom. The van der Waals surface area contributed by atoms with E-state index in [0.717, 1.165) is 21.2 Å².